The highest BCUT2D eigenvalue weighted by atomic mass is 16.6. The van der Waals surface area contributed by atoms with Crippen molar-refractivity contribution in [2.24, 2.45) is 0 Å². The Labute approximate surface area is 170 Å². The second-order valence-electron chi connectivity index (χ2n) is 7.09. The highest BCUT2D eigenvalue weighted by Gasteiger charge is 2.31. The predicted molar refractivity (Wildman–Crippen MR) is 111 cm³/mol. The minimum atomic E-state index is -0.670. The van der Waals surface area contributed by atoms with Gasteiger partial charge in [-0.1, -0.05) is 49.4 Å². The monoisotopic (exact) mass is 388 g/mol. The third-order valence-electron chi connectivity index (χ3n) is 5.00. The van der Waals surface area contributed by atoms with E-state index in [1.807, 2.05) is 36.4 Å². The minimum Gasteiger partial charge on any atom is -0.485 e. The number of aryl methyl sites for hydroxylation is 1. The molecule has 0 fully saturated rings. The molecule has 3 aromatic rings. The van der Waals surface area contributed by atoms with Crippen molar-refractivity contribution in [2.45, 2.75) is 32.5 Å². The van der Waals surface area contributed by atoms with E-state index >= 15 is 0 Å². The summed E-state index contributed by atoms with van der Waals surface area (Å²) in [5.41, 5.74) is 3.33. The summed E-state index contributed by atoms with van der Waals surface area (Å²) in [6, 6.07) is 19.7. The number of rotatable bonds is 6. The van der Waals surface area contributed by atoms with E-state index in [0.29, 0.717) is 24.6 Å². The molecule has 0 unspecified atom stereocenters. The Morgan fingerprint density at radius 2 is 1.69 bits per heavy atom. The molecule has 1 aliphatic rings. The van der Waals surface area contributed by atoms with E-state index in [2.05, 4.69) is 36.2 Å². The lowest BCUT2D eigenvalue weighted by molar-refractivity contribution is -0.142. The quantitative estimate of drug-likeness (QED) is 0.640. The van der Waals surface area contributed by atoms with Crippen LogP contribution in [0.25, 0.3) is 0 Å². The van der Waals surface area contributed by atoms with Crippen LogP contribution in [0, 0.1) is 0 Å². The first kappa shape index (κ1) is 19.0. The summed E-state index contributed by atoms with van der Waals surface area (Å²) < 4.78 is 11.7. The topological polar surface area (TPSA) is 51.7 Å². The number of hydrogen-bond acceptors (Lipinski definition) is 4. The predicted octanol–water partition coefficient (Wildman–Crippen LogP) is 4.01. The van der Waals surface area contributed by atoms with Gasteiger partial charge in [-0.3, -0.25) is 9.78 Å². The number of pyridine rings is 1. The van der Waals surface area contributed by atoms with Crippen LogP contribution in [0.5, 0.6) is 11.5 Å². The summed E-state index contributed by atoms with van der Waals surface area (Å²) in [4.78, 5) is 19.3. The largest absolute Gasteiger partial charge is 0.485 e. The normalized spacial score (nSPS) is 15.0. The number of amides is 1. The van der Waals surface area contributed by atoms with Crippen molar-refractivity contribution in [3.8, 4) is 11.5 Å². The van der Waals surface area contributed by atoms with Crippen LogP contribution in [-0.2, 0) is 24.3 Å². The van der Waals surface area contributed by atoms with Gasteiger partial charge in [0.1, 0.15) is 6.61 Å². The Balaban J connectivity index is 1.54. The fourth-order valence-electron chi connectivity index (χ4n) is 3.37. The summed E-state index contributed by atoms with van der Waals surface area (Å²) in [6.07, 6.45) is 3.84. The number of carbonyl (C=O) groups is 1. The molecule has 1 amide bonds. The standard InChI is InChI=1S/C24H24N2O3/c1-2-18-9-11-19(12-10-18)15-26(16-20-6-5-13-25-14-20)24(27)23-17-28-21-7-3-4-8-22(21)29-23/h3-14,23H,2,15-17H2,1H3/t23-/m1/s1. The molecule has 0 spiro atoms. The number of fused-ring (bicyclic) bond motifs is 1. The first-order chi connectivity index (χ1) is 14.2. The Morgan fingerprint density at radius 3 is 2.41 bits per heavy atom. The zero-order valence-electron chi connectivity index (χ0n) is 16.5. The summed E-state index contributed by atoms with van der Waals surface area (Å²) in [6.45, 7) is 3.29. The lowest BCUT2D eigenvalue weighted by Crippen LogP contribution is -2.45. The van der Waals surface area contributed by atoms with E-state index in [-0.39, 0.29) is 12.5 Å². The van der Waals surface area contributed by atoms with Gasteiger partial charge in [0.2, 0.25) is 6.10 Å². The van der Waals surface area contributed by atoms with Crippen LogP contribution in [0.1, 0.15) is 23.6 Å². The highest BCUT2D eigenvalue weighted by Crippen LogP contribution is 2.31. The molecule has 29 heavy (non-hydrogen) atoms. The summed E-state index contributed by atoms with van der Waals surface area (Å²) in [7, 11) is 0. The molecule has 1 aromatic heterocycles. The number of ether oxygens (including phenoxy) is 2. The molecule has 0 saturated carbocycles. The number of para-hydroxylation sites is 2. The van der Waals surface area contributed by atoms with Gasteiger partial charge in [-0.25, -0.2) is 0 Å². The highest BCUT2D eigenvalue weighted by molar-refractivity contribution is 5.82. The fraction of sp³-hybridized carbons (Fsp3) is 0.250. The van der Waals surface area contributed by atoms with Gasteiger partial charge in [0, 0.05) is 25.5 Å². The van der Waals surface area contributed by atoms with Crippen LogP contribution in [-0.4, -0.2) is 28.5 Å². The maximum absolute atomic E-state index is 13.3. The molecule has 1 aliphatic heterocycles. The minimum absolute atomic E-state index is 0.0945. The third-order valence-corrected chi connectivity index (χ3v) is 5.00. The van der Waals surface area contributed by atoms with Crippen molar-refractivity contribution >= 4 is 5.91 Å². The first-order valence-electron chi connectivity index (χ1n) is 9.87. The average Bonchev–Trinajstić information content (AvgIpc) is 2.79. The molecule has 5 nitrogen and oxygen atoms in total. The summed E-state index contributed by atoms with van der Waals surface area (Å²) >= 11 is 0. The third kappa shape index (κ3) is 4.57. The van der Waals surface area contributed by atoms with Crippen molar-refractivity contribution in [2.75, 3.05) is 6.61 Å². The molecule has 0 radical (unpaired) electrons. The van der Waals surface area contributed by atoms with Crippen LogP contribution in [0.3, 0.4) is 0 Å². The molecule has 4 rings (SSSR count). The van der Waals surface area contributed by atoms with Crippen molar-refractivity contribution < 1.29 is 14.3 Å². The molecule has 0 aliphatic carbocycles. The lowest BCUT2D eigenvalue weighted by Gasteiger charge is -2.31. The zero-order chi connectivity index (χ0) is 20.1. The van der Waals surface area contributed by atoms with E-state index < -0.39 is 6.10 Å². The van der Waals surface area contributed by atoms with Gasteiger partial charge < -0.3 is 14.4 Å². The van der Waals surface area contributed by atoms with Gasteiger partial charge in [0.05, 0.1) is 0 Å². The molecule has 2 heterocycles. The molecule has 0 bridgehead atoms. The fourth-order valence-corrected chi connectivity index (χ4v) is 3.37. The molecule has 2 aromatic carbocycles. The second-order valence-corrected chi connectivity index (χ2v) is 7.09. The second kappa shape index (κ2) is 8.78. The first-order valence-corrected chi connectivity index (χ1v) is 9.87. The van der Waals surface area contributed by atoms with Crippen LogP contribution < -0.4 is 9.47 Å². The zero-order valence-corrected chi connectivity index (χ0v) is 16.5. The van der Waals surface area contributed by atoms with E-state index in [9.17, 15) is 4.79 Å². The molecule has 0 saturated heterocycles. The lowest BCUT2D eigenvalue weighted by atomic mass is 10.1. The Kier molecular flexibility index (Phi) is 5.75. The molecular formula is C24H24N2O3. The van der Waals surface area contributed by atoms with Crippen LogP contribution in [0.4, 0.5) is 0 Å². The number of hydrogen-bond donors (Lipinski definition) is 0. The van der Waals surface area contributed by atoms with Gasteiger partial charge in [0.15, 0.2) is 11.5 Å². The maximum Gasteiger partial charge on any atom is 0.267 e. The SMILES string of the molecule is CCc1ccc(CN(Cc2cccnc2)C(=O)[C@H]2COc3ccccc3O2)cc1. The van der Waals surface area contributed by atoms with Crippen molar-refractivity contribution in [1.29, 1.82) is 0 Å². The summed E-state index contributed by atoms with van der Waals surface area (Å²) in [5.74, 6) is 1.18. The molecule has 0 N–H and O–H groups in total. The van der Waals surface area contributed by atoms with Crippen molar-refractivity contribution in [1.82, 2.24) is 9.88 Å². The van der Waals surface area contributed by atoms with Gasteiger partial charge in [-0.15, -0.1) is 0 Å². The Hall–Kier alpha value is -3.34. The Bertz CT molecular complexity index is 957. The van der Waals surface area contributed by atoms with Gasteiger partial charge in [0.25, 0.3) is 5.91 Å². The van der Waals surface area contributed by atoms with Gasteiger partial charge in [-0.2, -0.15) is 0 Å². The van der Waals surface area contributed by atoms with Crippen LogP contribution in [0.15, 0.2) is 73.1 Å². The van der Waals surface area contributed by atoms with E-state index in [4.69, 9.17) is 9.47 Å². The molecule has 148 valence electrons. The van der Waals surface area contributed by atoms with Crippen molar-refractivity contribution in [3.63, 3.8) is 0 Å². The Morgan fingerprint density at radius 1 is 0.966 bits per heavy atom. The number of nitrogens with zero attached hydrogens (tertiary/aromatic N) is 2. The number of aromatic nitrogens is 1. The number of benzene rings is 2. The van der Waals surface area contributed by atoms with Gasteiger partial charge >= 0.3 is 0 Å². The summed E-state index contributed by atoms with van der Waals surface area (Å²) in [5, 5.41) is 0. The van der Waals surface area contributed by atoms with Crippen LogP contribution >= 0.6 is 0 Å². The van der Waals surface area contributed by atoms with Gasteiger partial charge in [-0.05, 0) is 41.3 Å². The molecule has 5 heteroatoms. The average molecular weight is 388 g/mol. The molecular weight excluding hydrogens is 364 g/mol. The maximum atomic E-state index is 13.3. The van der Waals surface area contributed by atoms with E-state index in [0.717, 1.165) is 17.5 Å². The van der Waals surface area contributed by atoms with Crippen molar-refractivity contribution in [3.05, 3.63) is 89.7 Å². The smallest absolute Gasteiger partial charge is 0.267 e. The van der Waals surface area contributed by atoms with Crippen LogP contribution in [0.2, 0.25) is 0 Å². The number of carbonyl (C=O) groups excluding carboxylic acids is 1. The molecule has 1 atom stereocenters. The van der Waals surface area contributed by atoms with E-state index in [1.165, 1.54) is 5.56 Å². The van der Waals surface area contributed by atoms with E-state index in [1.54, 1.807) is 17.3 Å².